The minimum atomic E-state index is -4.43. The van der Waals surface area contributed by atoms with Crippen molar-refractivity contribution >= 4 is 11.8 Å². The van der Waals surface area contributed by atoms with E-state index in [4.69, 9.17) is 4.52 Å². The summed E-state index contributed by atoms with van der Waals surface area (Å²) in [7, 11) is 0. The largest absolute Gasteiger partial charge is 0.416 e. The van der Waals surface area contributed by atoms with Crippen LogP contribution in [-0.2, 0) is 11.0 Å². The molecule has 1 unspecified atom stereocenters. The van der Waals surface area contributed by atoms with Gasteiger partial charge in [-0.3, -0.25) is 9.59 Å². The molecular weight excluding hydrogens is 425 g/mol. The van der Waals surface area contributed by atoms with Crippen LogP contribution in [0.1, 0.15) is 59.2 Å². The van der Waals surface area contributed by atoms with Gasteiger partial charge in [0.25, 0.3) is 5.91 Å². The van der Waals surface area contributed by atoms with Gasteiger partial charge in [-0.05, 0) is 56.9 Å². The number of hydrogen-bond donors (Lipinski definition) is 0. The number of likely N-dealkylation sites (tertiary alicyclic amines) is 2. The minimum absolute atomic E-state index is 0.0373. The SMILES string of the molecule is Cc1noc(C2CCCN(C(=O)C3CCN(C(=O)c4ccc(C(F)(F)F)cc4)CC3)C2)n1. The predicted octanol–water partition coefficient (Wildman–Crippen LogP) is 3.66. The molecule has 2 fully saturated rings. The molecule has 2 aliphatic rings. The van der Waals surface area contributed by atoms with Gasteiger partial charge in [0, 0.05) is 37.7 Å². The summed E-state index contributed by atoms with van der Waals surface area (Å²) in [6.45, 7) is 3.80. The van der Waals surface area contributed by atoms with Crippen LogP contribution < -0.4 is 0 Å². The third-order valence-corrected chi connectivity index (χ3v) is 6.22. The molecule has 1 atom stereocenters. The number of carbonyl (C=O) groups is 2. The molecule has 2 saturated heterocycles. The number of carbonyl (C=O) groups excluding carboxylic acids is 2. The minimum Gasteiger partial charge on any atom is -0.342 e. The van der Waals surface area contributed by atoms with Crippen molar-refractivity contribution < 1.29 is 27.3 Å². The third kappa shape index (κ3) is 4.78. The number of aromatic nitrogens is 2. The van der Waals surface area contributed by atoms with Crippen molar-refractivity contribution in [3.8, 4) is 0 Å². The Kier molecular flexibility index (Phi) is 6.21. The Morgan fingerprint density at radius 2 is 1.72 bits per heavy atom. The quantitative estimate of drug-likeness (QED) is 0.713. The van der Waals surface area contributed by atoms with E-state index >= 15 is 0 Å². The lowest BCUT2D eigenvalue weighted by Crippen LogP contribution is -2.47. The van der Waals surface area contributed by atoms with Gasteiger partial charge >= 0.3 is 6.18 Å². The van der Waals surface area contributed by atoms with E-state index in [-0.39, 0.29) is 29.2 Å². The third-order valence-electron chi connectivity index (χ3n) is 6.22. The second kappa shape index (κ2) is 8.91. The van der Waals surface area contributed by atoms with Crippen LogP contribution in [0.3, 0.4) is 0 Å². The molecule has 0 bridgehead atoms. The first-order valence-electron chi connectivity index (χ1n) is 10.8. The van der Waals surface area contributed by atoms with Crippen LogP contribution >= 0.6 is 0 Å². The Bertz CT molecular complexity index is 966. The van der Waals surface area contributed by atoms with Gasteiger partial charge in [0.15, 0.2) is 5.82 Å². The summed E-state index contributed by atoms with van der Waals surface area (Å²) in [6, 6.07) is 4.24. The summed E-state index contributed by atoms with van der Waals surface area (Å²) < 4.78 is 43.5. The summed E-state index contributed by atoms with van der Waals surface area (Å²) in [4.78, 5) is 33.5. The van der Waals surface area contributed by atoms with Gasteiger partial charge in [0.1, 0.15) is 0 Å². The predicted molar refractivity (Wildman–Crippen MR) is 108 cm³/mol. The van der Waals surface area contributed by atoms with Crippen LogP contribution in [0.25, 0.3) is 0 Å². The highest BCUT2D eigenvalue weighted by Gasteiger charge is 2.35. The molecule has 3 heterocycles. The fourth-order valence-corrected chi connectivity index (χ4v) is 4.43. The highest BCUT2D eigenvalue weighted by atomic mass is 19.4. The lowest BCUT2D eigenvalue weighted by molar-refractivity contribution is -0.138. The van der Waals surface area contributed by atoms with Crippen molar-refractivity contribution in [2.45, 2.75) is 44.7 Å². The number of benzene rings is 1. The van der Waals surface area contributed by atoms with Crippen LogP contribution in [0.5, 0.6) is 0 Å². The first-order valence-corrected chi connectivity index (χ1v) is 10.8. The summed E-state index contributed by atoms with van der Waals surface area (Å²) in [5.41, 5.74) is -0.564. The first kappa shape index (κ1) is 22.3. The van der Waals surface area contributed by atoms with E-state index in [0.717, 1.165) is 25.0 Å². The Hall–Kier alpha value is -2.91. The number of nitrogens with zero attached hydrogens (tertiary/aromatic N) is 4. The molecule has 172 valence electrons. The smallest absolute Gasteiger partial charge is 0.342 e. The van der Waals surface area contributed by atoms with Gasteiger partial charge in [-0.1, -0.05) is 5.16 Å². The molecule has 0 radical (unpaired) electrons. The van der Waals surface area contributed by atoms with Gasteiger partial charge in [0.2, 0.25) is 11.8 Å². The first-order chi connectivity index (χ1) is 15.2. The summed E-state index contributed by atoms with van der Waals surface area (Å²) >= 11 is 0. The van der Waals surface area contributed by atoms with Gasteiger partial charge in [0.05, 0.1) is 11.5 Å². The van der Waals surface area contributed by atoms with E-state index in [1.54, 1.807) is 11.8 Å². The molecule has 32 heavy (non-hydrogen) atoms. The molecule has 0 N–H and O–H groups in total. The zero-order chi connectivity index (χ0) is 22.9. The van der Waals surface area contributed by atoms with Gasteiger partial charge in [-0.25, -0.2) is 0 Å². The zero-order valence-electron chi connectivity index (χ0n) is 17.8. The van der Waals surface area contributed by atoms with Crippen molar-refractivity contribution in [3.63, 3.8) is 0 Å². The Labute approximate surface area is 183 Å². The van der Waals surface area contributed by atoms with E-state index in [2.05, 4.69) is 10.1 Å². The molecule has 0 aliphatic carbocycles. The monoisotopic (exact) mass is 450 g/mol. The highest BCUT2D eigenvalue weighted by Crippen LogP contribution is 2.31. The lowest BCUT2D eigenvalue weighted by Gasteiger charge is -2.37. The van der Waals surface area contributed by atoms with Gasteiger partial charge in [-0.2, -0.15) is 18.2 Å². The van der Waals surface area contributed by atoms with Crippen LogP contribution in [0.4, 0.5) is 13.2 Å². The van der Waals surface area contributed by atoms with Gasteiger partial charge < -0.3 is 14.3 Å². The van der Waals surface area contributed by atoms with Crippen molar-refractivity contribution in [1.29, 1.82) is 0 Å². The van der Waals surface area contributed by atoms with Crippen LogP contribution in [-0.4, -0.2) is 57.9 Å². The molecule has 1 aromatic carbocycles. The summed E-state index contributed by atoms with van der Waals surface area (Å²) in [5.74, 6) is 0.776. The fourth-order valence-electron chi connectivity index (χ4n) is 4.43. The lowest BCUT2D eigenvalue weighted by atomic mass is 9.92. The van der Waals surface area contributed by atoms with Crippen molar-refractivity contribution in [3.05, 3.63) is 47.1 Å². The van der Waals surface area contributed by atoms with E-state index in [0.29, 0.717) is 50.7 Å². The van der Waals surface area contributed by atoms with Crippen molar-refractivity contribution in [2.75, 3.05) is 26.2 Å². The number of rotatable bonds is 3. The maximum atomic E-state index is 13.1. The molecule has 2 amide bonds. The number of alkyl halides is 3. The Morgan fingerprint density at radius 3 is 2.31 bits per heavy atom. The van der Waals surface area contributed by atoms with Crippen LogP contribution in [0.2, 0.25) is 0 Å². The molecule has 0 saturated carbocycles. The number of aryl methyl sites for hydroxylation is 1. The maximum absolute atomic E-state index is 13.1. The zero-order valence-corrected chi connectivity index (χ0v) is 17.8. The van der Waals surface area contributed by atoms with E-state index in [9.17, 15) is 22.8 Å². The number of amides is 2. The molecule has 10 heteroatoms. The molecule has 1 aromatic heterocycles. The van der Waals surface area contributed by atoms with Crippen molar-refractivity contribution in [2.24, 2.45) is 5.92 Å². The molecule has 2 aliphatic heterocycles. The Morgan fingerprint density at radius 1 is 1.03 bits per heavy atom. The molecule has 2 aromatic rings. The second-order valence-electron chi connectivity index (χ2n) is 8.44. The average molecular weight is 450 g/mol. The summed E-state index contributed by atoms with van der Waals surface area (Å²) in [6.07, 6.45) is -1.61. The van der Waals surface area contributed by atoms with E-state index in [1.165, 1.54) is 12.1 Å². The second-order valence-corrected chi connectivity index (χ2v) is 8.44. The normalized spacial score (nSPS) is 20.4. The number of hydrogen-bond acceptors (Lipinski definition) is 5. The van der Waals surface area contributed by atoms with Crippen LogP contribution in [0.15, 0.2) is 28.8 Å². The highest BCUT2D eigenvalue weighted by molar-refractivity contribution is 5.94. The maximum Gasteiger partial charge on any atom is 0.416 e. The topological polar surface area (TPSA) is 79.5 Å². The summed E-state index contributed by atoms with van der Waals surface area (Å²) in [5, 5.41) is 3.84. The van der Waals surface area contributed by atoms with E-state index < -0.39 is 11.7 Å². The standard InChI is InChI=1S/C22H25F3N4O3/c1-14-26-19(32-27-14)17-3-2-10-29(13-17)21(31)16-8-11-28(12-9-16)20(30)15-4-6-18(7-5-15)22(23,24)25/h4-7,16-17H,2-3,8-13H2,1H3. The Balaban J connectivity index is 1.32. The molecular formula is C22H25F3N4O3. The average Bonchev–Trinajstić information content (AvgIpc) is 3.24. The van der Waals surface area contributed by atoms with E-state index in [1.807, 2.05) is 4.90 Å². The van der Waals surface area contributed by atoms with Gasteiger partial charge in [-0.15, -0.1) is 0 Å². The molecule has 4 rings (SSSR count). The molecule has 0 spiro atoms. The number of piperidine rings is 2. The van der Waals surface area contributed by atoms with Crippen molar-refractivity contribution in [1.82, 2.24) is 19.9 Å². The van der Waals surface area contributed by atoms with Crippen LogP contribution in [0, 0.1) is 12.8 Å². The fraction of sp³-hybridized carbons (Fsp3) is 0.545. The molecule has 7 nitrogen and oxygen atoms in total. The number of halogens is 3.